The average Bonchev–Trinajstić information content (AvgIpc) is 2.26. The van der Waals surface area contributed by atoms with Crippen LogP contribution >= 0.6 is 12.6 Å². The molecule has 0 atom stereocenters. The van der Waals surface area contributed by atoms with Gasteiger partial charge in [0.15, 0.2) is 0 Å². The van der Waals surface area contributed by atoms with E-state index in [9.17, 15) is 25.0 Å². The molecular weight excluding hydrogens is 260 g/mol. The normalized spacial score (nSPS) is 10.4. The van der Waals surface area contributed by atoms with Crippen molar-refractivity contribution in [1.82, 2.24) is 0 Å². The summed E-state index contributed by atoms with van der Waals surface area (Å²) >= 11 is 3.60. The van der Waals surface area contributed by atoms with Crippen molar-refractivity contribution in [3.05, 3.63) is 43.5 Å². The smallest absolute Gasteiger partial charge is 0.280 e. The SMILES string of the molecule is CC(C)c1c(C(=O)S)cc([N+](=O)[O-])cc1[N+](=O)[O-]. The number of non-ortho nitro benzene ring substituents is 1. The van der Waals surface area contributed by atoms with Crippen molar-refractivity contribution in [3.8, 4) is 0 Å². The predicted molar refractivity (Wildman–Crippen MR) is 67.2 cm³/mol. The highest BCUT2D eigenvalue weighted by Crippen LogP contribution is 2.34. The molecule has 0 heterocycles. The number of hydrogen-bond donors (Lipinski definition) is 1. The molecule has 0 fully saturated rings. The van der Waals surface area contributed by atoms with Gasteiger partial charge >= 0.3 is 0 Å². The topological polar surface area (TPSA) is 103 Å². The summed E-state index contributed by atoms with van der Waals surface area (Å²) < 4.78 is 0. The Bertz CT molecular complexity index is 506. The van der Waals surface area contributed by atoms with Crippen LogP contribution in [0.15, 0.2) is 12.1 Å². The van der Waals surface area contributed by atoms with Crippen LogP contribution in [0.5, 0.6) is 0 Å². The van der Waals surface area contributed by atoms with Gasteiger partial charge in [0, 0.05) is 17.2 Å². The first kappa shape index (κ1) is 14.1. The van der Waals surface area contributed by atoms with Crippen molar-refractivity contribution >= 4 is 29.1 Å². The number of nitro benzene ring substituents is 2. The standard InChI is InChI=1S/C10H10N2O5S/c1-5(2)9-7(10(13)18)3-6(11(14)15)4-8(9)12(16)17/h3-5H,1-2H3,(H,13,18). The molecule has 1 aromatic carbocycles. The van der Waals surface area contributed by atoms with Crippen LogP contribution in [0.3, 0.4) is 0 Å². The lowest BCUT2D eigenvalue weighted by Crippen LogP contribution is -2.06. The minimum absolute atomic E-state index is 0.103. The molecule has 0 aliphatic heterocycles. The third kappa shape index (κ3) is 2.65. The van der Waals surface area contributed by atoms with E-state index in [0.717, 1.165) is 12.1 Å². The minimum Gasteiger partial charge on any atom is -0.282 e. The zero-order valence-electron chi connectivity index (χ0n) is 9.61. The molecule has 0 aliphatic carbocycles. The number of hydrogen-bond acceptors (Lipinski definition) is 5. The fourth-order valence-electron chi connectivity index (χ4n) is 1.66. The van der Waals surface area contributed by atoms with Crippen molar-refractivity contribution < 1.29 is 14.6 Å². The lowest BCUT2D eigenvalue weighted by atomic mass is 9.95. The summed E-state index contributed by atoms with van der Waals surface area (Å²) in [6, 6.07) is 1.87. The van der Waals surface area contributed by atoms with Crippen LogP contribution in [0, 0.1) is 20.2 Å². The van der Waals surface area contributed by atoms with Gasteiger partial charge < -0.3 is 0 Å². The average molecular weight is 270 g/mol. The highest BCUT2D eigenvalue weighted by Gasteiger charge is 2.27. The number of nitro groups is 2. The molecule has 1 rings (SSSR count). The molecule has 1 aromatic rings. The van der Waals surface area contributed by atoms with Crippen molar-refractivity contribution in [2.75, 3.05) is 0 Å². The maximum atomic E-state index is 11.3. The van der Waals surface area contributed by atoms with Crippen molar-refractivity contribution in [3.63, 3.8) is 0 Å². The van der Waals surface area contributed by atoms with Crippen molar-refractivity contribution in [2.45, 2.75) is 19.8 Å². The Kier molecular flexibility index (Phi) is 4.02. The van der Waals surface area contributed by atoms with Gasteiger partial charge in [-0.25, -0.2) is 0 Å². The lowest BCUT2D eigenvalue weighted by molar-refractivity contribution is -0.394. The molecule has 0 amide bonds. The van der Waals surface area contributed by atoms with E-state index in [1.165, 1.54) is 0 Å². The van der Waals surface area contributed by atoms with Crippen LogP contribution < -0.4 is 0 Å². The molecular formula is C10H10N2O5S. The molecule has 0 saturated carbocycles. The second-order valence-electron chi connectivity index (χ2n) is 3.90. The summed E-state index contributed by atoms with van der Waals surface area (Å²) in [5, 5.41) is 20.9. The maximum absolute atomic E-state index is 11.3. The van der Waals surface area contributed by atoms with E-state index >= 15 is 0 Å². The van der Waals surface area contributed by atoms with Gasteiger partial charge in [-0.15, -0.1) is 12.6 Å². The van der Waals surface area contributed by atoms with E-state index in [0.29, 0.717) is 0 Å². The monoisotopic (exact) mass is 270 g/mol. The lowest BCUT2D eigenvalue weighted by Gasteiger charge is -2.10. The zero-order valence-corrected chi connectivity index (χ0v) is 10.5. The molecule has 0 unspecified atom stereocenters. The summed E-state index contributed by atoms with van der Waals surface area (Å²) in [4.78, 5) is 31.4. The minimum atomic E-state index is -0.780. The summed E-state index contributed by atoms with van der Waals surface area (Å²) in [6.07, 6.45) is 0. The van der Waals surface area contributed by atoms with E-state index in [1.807, 2.05) is 0 Å². The van der Waals surface area contributed by atoms with Gasteiger partial charge in [-0.05, 0) is 5.92 Å². The Hall–Kier alpha value is -1.96. The molecule has 0 saturated heterocycles. The van der Waals surface area contributed by atoms with Crippen molar-refractivity contribution in [2.24, 2.45) is 0 Å². The summed E-state index contributed by atoms with van der Waals surface area (Å²) in [6.45, 7) is 3.32. The molecule has 18 heavy (non-hydrogen) atoms. The first-order valence-corrected chi connectivity index (χ1v) is 5.40. The number of thiol groups is 1. The van der Waals surface area contributed by atoms with Gasteiger partial charge in [0.1, 0.15) is 0 Å². The highest BCUT2D eigenvalue weighted by molar-refractivity contribution is 7.97. The van der Waals surface area contributed by atoms with Gasteiger partial charge in [0.25, 0.3) is 11.4 Å². The predicted octanol–water partition coefficient (Wildman–Crippen LogP) is 2.70. The van der Waals surface area contributed by atoms with Gasteiger partial charge in [-0.3, -0.25) is 25.0 Å². The van der Waals surface area contributed by atoms with Gasteiger partial charge in [0.2, 0.25) is 5.12 Å². The van der Waals surface area contributed by atoms with E-state index in [-0.39, 0.29) is 17.0 Å². The van der Waals surface area contributed by atoms with Gasteiger partial charge in [-0.1, -0.05) is 13.8 Å². The fourth-order valence-corrected chi connectivity index (χ4v) is 1.85. The molecule has 0 bridgehead atoms. The molecule has 96 valence electrons. The largest absolute Gasteiger partial charge is 0.282 e. The van der Waals surface area contributed by atoms with E-state index in [4.69, 9.17) is 0 Å². The fraction of sp³-hybridized carbons (Fsp3) is 0.300. The van der Waals surface area contributed by atoms with Gasteiger partial charge in [-0.2, -0.15) is 0 Å². The Labute approximate surface area is 108 Å². The Morgan fingerprint density at radius 1 is 1.22 bits per heavy atom. The Balaban J connectivity index is 3.71. The quantitative estimate of drug-likeness (QED) is 0.514. The van der Waals surface area contributed by atoms with Crippen LogP contribution in [0.1, 0.15) is 35.7 Å². The molecule has 0 spiro atoms. The van der Waals surface area contributed by atoms with Crippen molar-refractivity contribution in [1.29, 1.82) is 0 Å². The molecule has 8 heteroatoms. The Morgan fingerprint density at radius 3 is 2.11 bits per heavy atom. The first-order chi connectivity index (χ1) is 8.25. The number of carbonyl (C=O) groups excluding carboxylic acids is 1. The van der Waals surface area contributed by atoms with Crippen LogP contribution in [-0.2, 0) is 0 Å². The van der Waals surface area contributed by atoms with Crippen LogP contribution in [-0.4, -0.2) is 15.0 Å². The van der Waals surface area contributed by atoms with Crippen LogP contribution in [0.4, 0.5) is 11.4 Å². The van der Waals surface area contributed by atoms with Gasteiger partial charge in [0.05, 0.1) is 15.9 Å². The molecule has 7 nitrogen and oxygen atoms in total. The maximum Gasteiger partial charge on any atom is 0.280 e. The number of nitrogens with zero attached hydrogens (tertiary/aromatic N) is 2. The number of carbonyl (C=O) groups is 1. The molecule has 0 aromatic heterocycles. The number of rotatable bonds is 4. The summed E-state index contributed by atoms with van der Waals surface area (Å²) in [5.41, 5.74) is -0.875. The molecule has 0 N–H and O–H groups in total. The summed E-state index contributed by atoms with van der Waals surface area (Å²) in [5.74, 6) is -0.322. The highest BCUT2D eigenvalue weighted by atomic mass is 32.1. The second-order valence-corrected chi connectivity index (χ2v) is 4.31. The second kappa shape index (κ2) is 5.13. The van der Waals surface area contributed by atoms with E-state index in [2.05, 4.69) is 12.6 Å². The third-order valence-electron chi connectivity index (χ3n) is 2.36. The third-order valence-corrected chi connectivity index (χ3v) is 2.60. The van der Waals surface area contributed by atoms with Crippen LogP contribution in [0.25, 0.3) is 0 Å². The summed E-state index contributed by atoms with van der Waals surface area (Å²) in [7, 11) is 0. The number of benzene rings is 1. The molecule has 0 radical (unpaired) electrons. The molecule has 0 aliphatic rings. The van der Waals surface area contributed by atoms with E-state index in [1.54, 1.807) is 13.8 Å². The Morgan fingerprint density at radius 2 is 1.78 bits per heavy atom. The van der Waals surface area contributed by atoms with E-state index < -0.39 is 26.3 Å². The van der Waals surface area contributed by atoms with Crippen LogP contribution in [0.2, 0.25) is 0 Å². The first-order valence-electron chi connectivity index (χ1n) is 4.95. The zero-order chi connectivity index (χ0) is 14.0.